The van der Waals surface area contributed by atoms with Crippen molar-refractivity contribution in [2.45, 2.75) is 6.54 Å². The lowest BCUT2D eigenvalue weighted by Crippen LogP contribution is -1.99. The SMILES string of the molecule is N#Cc1ccccc1Oc1ccc(NCc2cccnc2)cc1. The second-order valence-electron chi connectivity index (χ2n) is 4.95. The van der Waals surface area contributed by atoms with Gasteiger partial charge in [-0.2, -0.15) is 5.26 Å². The lowest BCUT2D eigenvalue weighted by atomic mass is 10.2. The lowest BCUT2D eigenvalue weighted by molar-refractivity contribution is 0.481. The van der Waals surface area contributed by atoms with Gasteiger partial charge >= 0.3 is 0 Å². The minimum atomic E-state index is 0.520. The molecule has 112 valence electrons. The van der Waals surface area contributed by atoms with Crippen LogP contribution in [0.3, 0.4) is 0 Å². The molecule has 0 fully saturated rings. The maximum absolute atomic E-state index is 9.07. The molecule has 3 rings (SSSR count). The predicted octanol–water partition coefficient (Wildman–Crippen LogP) is 4.36. The fraction of sp³-hybridized carbons (Fsp3) is 0.0526. The summed E-state index contributed by atoms with van der Waals surface area (Å²) in [5.74, 6) is 1.26. The van der Waals surface area contributed by atoms with E-state index in [-0.39, 0.29) is 0 Å². The lowest BCUT2D eigenvalue weighted by Gasteiger charge is -2.09. The number of nitrogens with one attached hydrogen (secondary N) is 1. The second-order valence-corrected chi connectivity index (χ2v) is 4.95. The average molecular weight is 301 g/mol. The van der Waals surface area contributed by atoms with Crippen LogP contribution in [0.1, 0.15) is 11.1 Å². The molecule has 4 heteroatoms. The van der Waals surface area contributed by atoms with Crippen LogP contribution in [0.4, 0.5) is 5.69 Å². The van der Waals surface area contributed by atoms with Crippen molar-refractivity contribution < 1.29 is 4.74 Å². The molecule has 4 nitrogen and oxygen atoms in total. The van der Waals surface area contributed by atoms with Crippen molar-refractivity contribution in [1.82, 2.24) is 4.98 Å². The smallest absolute Gasteiger partial charge is 0.145 e. The Labute approximate surface area is 135 Å². The number of nitriles is 1. The van der Waals surface area contributed by atoms with Crippen LogP contribution in [0.25, 0.3) is 0 Å². The minimum Gasteiger partial charge on any atom is -0.456 e. The highest BCUT2D eigenvalue weighted by atomic mass is 16.5. The van der Waals surface area contributed by atoms with E-state index in [0.717, 1.165) is 11.3 Å². The van der Waals surface area contributed by atoms with Crippen LogP contribution in [0.15, 0.2) is 73.1 Å². The Hall–Kier alpha value is -3.32. The quantitative estimate of drug-likeness (QED) is 0.760. The number of para-hydroxylation sites is 1. The summed E-state index contributed by atoms with van der Waals surface area (Å²) < 4.78 is 5.76. The van der Waals surface area contributed by atoms with Gasteiger partial charge in [-0.25, -0.2) is 0 Å². The van der Waals surface area contributed by atoms with Gasteiger partial charge in [-0.05, 0) is 48.0 Å². The zero-order chi connectivity index (χ0) is 15.9. The zero-order valence-corrected chi connectivity index (χ0v) is 12.4. The Morgan fingerprint density at radius 2 is 1.83 bits per heavy atom. The van der Waals surface area contributed by atoms with Crippen molar-refractivity contribution in [2.24, 2.45) is 0 Å². The van der Waals surface area contributed by atoms with E-state index in [2.05, 4.69) is 16.4 Å². The number of hydrogen-bond acceptors (Lipinski definition) is 4. The Morgan fingerprint density at radius 1 is 1.00 bits per heavy atom. The van der Waals surface area contributed by atoms with E-state index in [1.165, 1.54) is 0 Å². The molecule has 0 radical (unpaired) electrons. The summed E-state index contributed by atoms with van der Waals surface area (Å²) in [5, 5.41) is 12.4. The number of aromatic nitrogens is 1. The summed E-state index contributed by atoms with van der Waals surface area (Å²) in [7, 11) is 0. The molecular weight excluding hydrogens is 286 g/mol. The van der Waals surface area contributed by atoms with Crippen LogP contribution in [-0.2, 0) is 6.54 Å². The number of anilines is 1. The second kappa shape index (κ2) is 7.10. The van der Waals surface area contributed by atoms with Crippen molar-refractivity contribution >= 4 is 5.69 Å². The summed E-state index contributed by atoms with van der Waals surface area (Å²) >= 11 is 0. The third kappa shape index (κ3) is 3.86. The summed E-state index contributed by atoms with van der Waals surface area (Å²) in [6.07, 6.45) is 3.60. The number of ether oxygens (including phenoxy) is 1. The van der Waals surface area contributed by atoms with Gasteiger partial charge in [0.15, 0.2) is 0 Å². The molecule has 0 amide bonds. The number of nitrogens with zero attached hydrogens (tertiary/aromatic N) is 2. The third-order valence-electron chi connectivity index (χ3n) is 3.31. The van der Waals surface area contributed by atoms with E-state index in [4.69, 9.17) is 10.00 Å². The number of benzene rings is 2. The minimum absolute atomic E-state index is 0.520. The van der Waals surface area contributed by atoms with Gasteiger partial charge in [0, 0.05) is 24.6 Å². The number of pyridine rings is 1. The predicted molar refractivity (Wildman–Crippen MR) is 89.2 cm³/mol. The van der Waals surface area contributed by atoms with Crippen LogP contribution in [0.5, 0.6) is 11.5 Å². The van der Waals surface area contributed by atoms with Crippen LogP contribution in [-0.4, -0.2) is 4.98 Å². The van der Waals surface area contributed by atoms with Crippen molar-refractivity contribution in [3.63, 3.8) is 0 Å². The van der Waals surface area contributed by atoms with Gasteiger partial charge in [0.2, 0.25) is 0 Å². The fourth-order valence-electron chi connectivity index (χ4n) is 2.12. The fourth-order valence-corrected chi connectivity index (χ4v) is 2.12. The van der Waals surface area contributed by atoms with E-state index >= 15 is 0 Å². The summed E-state index contributed by atoms with van der Waals surface area (Å²) in [6, 6.07) is 20.9. The van der Waals surface area contributed by atoms with E-state index < -0.39 is 0 Å². The normalized spacial score (nSPS) is 9.87. The van der Waals surface area contributed by atoms with Crippen molar-refractivity contribution in [3.05, 3.63) is 84.2 Å². The highest BCUT2D eigenvalue weighted by molar-refractivity contribution is 5.49. The van der Waals surface area contributed by atoms with E-state index in [0.29, 0.717) is 23.6 Å². The third-order valence-corrected chi connectivity index (χ3v) is 3.31. The molecule has 1 heterocycles. The first-order valence-electron chi connectivity index (χ1n) is 7.25. The van der Waals surface area contributed by atoms with Gasteiger partial charge < -0.3 is 10.1 Å². The van der Waals surface area contributed by atoms with Crippen molar-refractivity contribution in [3.8, 4) is 17.6 Å². The van der Waals surface area contributed by atoms with Gasteiger partial charge in [0.25, 0.3) is 0 Å². The Kier molecular flexibility index (Phi) is 4.51. The molecule has 0 saturated carbocycles. The molecule has 3 aromatic rings. The maximum atomic E-state index is 9.07. The molecule has 0 unspecified atom stereocenters. The largest absolute Gasteiger partial charge is 0.456 e. The van der Waals surface area contributed by atoms with Crippen LogP contribution < -0.4 is 10.1 Å². The Bertz CT molecular complexity index is 808. The highest BCUT2D eigenvalue weighted by Gasteiger charge is 2.03. The van der Waals surface area contributed by atoms with Gasteiger partial charge in [-0.15, -0.1) is 0 Å². The van der Waals surface area contributed by atoms with E-state index in [1.54, 1.807) is 18.3 Å². The highest BCUT2D eigenvalue weighted by Crippen LogP contribution is 2.25. The van der Waals surface area contributed by atoms with Crippen LogP contribution >= 0.6 is 0 Å². The van der Waals surface area contributed by atoms with Gasteiger partial charge in [0.1, 0.15) is 17.6 Å². The molecule has 2 aromatic carbocycles. The van der Waals surface area contributed by atoms with Crippen LogP contribution in [0.2, 0.25) is 0 Å². The van der Waals surface area contributed by atoms with E-state index in [9.17, 15) is 0 Å². The number of hydrogen-bond donors (Lipinski definition) is 1. The van der Waals surface area contributed by atoms with Crippen LogP contribution in [0, 0.1) is 11.3 Å². The molecule has 0 saturated heterocycles. The molecule has 1 aromatic heterocycles. The monoisotopic (exact) mass is 301 g/mol. The number of rotatable bonds is 5. The molecule has 0 spiro atoms. The maximum Gasteiger partial charge on any atom is 0.145 e. The molecule has 0 atom stereocenters. The van der Waals surface area contributed by atoms with E-state index in [1.807, 2.05) is 54.7 Å². The molecule has 0 aliphatic heterocycles. The summed E-state index contributed by atoms with van der Waals surface area (Å²) in [4.78, 5) is 4.09. The van der Waals surface area contributed by atoms with Crippen molar-refractivity contribution in [1.29, 1.82) is 5.26 Å². The standard InChI is InChI=1S/C19H15N3O/c20-12-16-5-1-2-6-19(16)23-18-9-7-17(8-10-18)22-14-15-4-3-11-21-13-15/h1-11,13,22H,14H2. The van der Waals surface area contributed by atoms with Gasteiger partial charge in [-0.3, -0.25) is 4.98 Å². The Morgan fingerprint density at radius 3 is 2.57 bits per heavy atom. The van der Waals surface area contributed by atoms with Gasteiger partial charge in [0.05, 0.1) is 5.56 Å². The molecular formula is C19H15N3O. The summed E-state index contributed by atoms with van der Waals surface area (Å²) in [5.41, 5.74) is 2.64. The molecule has 0 aliphatic rings. The first-order valence-corrected chi connectivity index (χ1v) is 7.25. The first-order chi connectivity index (χ1) is 11.3. The topological polar surface area (TPSA) is 57.9 Å². The molecule has 23 heavy (non-hydrogen) atoms. The first kappa shape index (κ1) is 14.6. The van der Waals surface area contributed by atoms with Crippen molar-refractivity contribution in [2.75, 3.05) is 5.32 Å². The average Bonchev–Trinajstić information content (AvgIpc) is 2.62. The zero-order valence-electron chi connectivity index (χ0n) is 12.4. The van der Waals surface area contributed by atoms with Gasteiger partial charge in [-0.1, -0.05) is 18.2 Å². The molecule has 1 N–H and O–H groups in total. The summed E-state index contributed by atoms with van der Waals surface area (Å²) in [6.45, 7) is 0.714. The molecule has 0 bridgehead atoms. The Balaban J connectivity index is 1.64. The molecule has 0 aliphatic carbocycles.